The van der Waals surface area contributed by atoms with Crippen LogP contribution in [-0.2, 0) is 11.2 Å². The highest BCUT2D eigenvalue weighted by Crippen LogP contribution is 2.13. The Hall–Kier alpha value is -2.54. The minimum atomic E-state index is -0.266. The zero-order valence-electron chi connectivity index (χ0n) is 14.8. The van der Waals surface area contributed by atoms with E-state index in [0.717, 1.165) is 25.0 Å². The first-order chi connectivity index (χ1) is 12.6. The van der Waals surface area contributed by atoms with Crippen molar-refractivity contribution in [3.63, 3.8) is 0 Å². The summed E-state index contributed by atoms with van der Waals surface area (Å²) in [6.07, 6.45) is 2.93. The Balaban J connectivity index is 1.53. The zero-order valence-corrected chi connectivity index (χ0v) is 14.8. The smallest absolute Gasteiger partial charge is 0.270 e. The van der Waals surface area contributed by atoms with E-state index in [1.165, 1.54) is 12.1 Å². The van der Waals surface area contributed by atoms with Crippen LogP contribution in [-0.4, -0.2) is 41.7 Å². The van der Waals surface area contributed by atoms with Crippen molar-refractivity contribution in [2.75, 3.05) is 25.0 Å². The Bertz CT molecular complexity index is 746. The molecule has 1 unspecified atom stereocenters. The molecule has 7 heteroatoms. The number of aryl methyl sites for hydroxylation is 1. The van der Waals surface area contributed by atoms with Crippen LogP contribution in [0.15, 0.2) is 30.3 Å². The maximum atomic E-state index is 12.9. The highest BCUT2D eigenvalue weighted by molar-refractivity contribution is 5.92. The first-order valence-electron chi connectivity index (χ1n) is 8.84. The van der Waals surface area contributed by atoms with Gasteiger partial charge < -0.3 is 15.4 Å². The predicted octanol–water partition coefficient (Wildman–Crippen LogP) is 2.49. The summed E-state index contributed by atoms with van der Waals surface area (Å²) in [7, 11) is 0. The van der Waals surface area contributed by atoms with Gasteiger partial charge in [-0.05, 0) is 43.9 Å². The molecule has 1 atom stereocenters. The van der Waals surface area contributed by atoms with Gasteiger partial charge in [-0.2, -0.15) is 0 Å². The second kappa shape index (κ2) is 8.71. The summed E-state index contributed by atoms with van der Waals surface area (Å²) < 4.78 is 18.5. The molecule has 0 aliphatic carbocycles. The van der Waals surface area contributed by atoms with E-state index >= 15 is 0 Å². The summed E-state index contributed by atoms with van der Waals surface area (Å²) in [5.41, 5.74) is 1.29. The van der Waals surface area contributed by atoms with Gasteiger partial charge in [-0.25, -0.2) is 14.4 Å². The summed E-state index contributed by atoms with van der Waals surface area (Å²) in [6, 6.07) is 7.90. The molecule has 1 fully saturated rings. The van der Waals surface area contributed by atoms with Crippen LogP contribution in [0.5, 0.6) is 0 Å². The Morgan fingerprint density at radius 2 is 2.12 bits per heavy atom. The van der Waals surface area contributed by atoms with E-state index in [4.69, 9.17) is 4.74 Å². The van der Waals surface area contributed by atoms with Gasteiger partial charge in [0.05, 0.1) is 6.10 Å². The molecule has 2 heterocycles. The molecule has 2 N–H and O–H groups in total. The third-order valence-corrected chi connectivity index (χ3v) is 4.22. The average Bonchev–Trinajstić information content (AvgIpc) is 3.15. The number of rotatable bonds is 7. The van der Waals surface area contributed by atoms with Crippen LogP contribution in [0.4, 0.5) is 10.2 Å². The van der Waals surface area contributed by atoms with Crippen molar-refractivity contribution in [2.24, 2.45) is 0 Å². The number of amides is 1. The average molecular weight is 358 g/mol. The molecular weight excluding hydrogens is 335 g/mol. The summed E-state index contributed by atoms with van der Waals surface area (Å²) in [5.74, 6) is 0.637. The first kappa shape index (κ1) is 18.3. The van der Waals surface area contributed by atoms with Gasteiger partial charge in [-0.1, -0.05) is 12.1 Å². The molecular formula is C19H23FN4O2. The van der Waals surface area contributed by atoms with Crippen LogP contribution >= 0.6 is 0 Å². The van der Waals surface area contributed by atoms with Crippen LogP contribution < -0.4 is 10.6 Å². The highest BCUT2D eigenvalue weighted by atomic mass is 19.1. The number of carbonyl (C=O) groups is 1. The number of nitrogens with one attached hydrogen (secondary N) is 2. The SMILES string of the molecule is Cc1nc(NCC2CCCO2)cc(C(=O)NCCc2ccc(F)cc2)n1. The van der Waals surface area contributed by atoms with Gasteiger partial charge in [0.25, 0.3) is 5.91 Å². The Morgan fingerprint density at radius 1 is 1.31 bits per heavy atom. The second-order valence-corrected chi connectivity index (χ2v) is 6.33. The van der Waals surface area contributed by atoms with E-state index in [0.29, 0.717) is 36.8 Å². The Labute approximate surface area is 152 Å². The van der Waals surface area contributed by atoms with Crippen LogP contribution in [0.25, 0.3) is 0 Å². The topological polar surface area (TPSA) is 76.1 Å². The molecule has 0 saturated carbocycles. The normalized spacial score (nSPS) is 16.5. The Morgan fingerprint density at radius 3 is 2.85 bits per heavy atom. The van der Waals surface area contributed by atoms with Gasteiger partial charge in [-0.3, -0.25) is 4.79 Å². The molecule has 1 amide bonds. The standard InChI is InChI=1S/C19H23FN4O2/c1-13-23-17(11-18(24-13)22-12-16-3-2-10-26-16)19(25)21-9-8-14-4-6-15(20)7-5-14/h4-7,11,16H,2-3,8-10,12H2,1H3,(H,21,25)(H,22,23,24). The molecule has 1 aromatic heterocycles. The lowest BCUT2D eigenvalue weighted by atomic mass is 10.1. The van der Waals surface area contributed by atoms with Gasteiger partial charge in [0, 0.05) is 25.8 Å². The third kappa shape index (κ3) is 5.23. The fourth-order valence-electron chi connectivity index (χ4n) is 2.86. The van der Waals surface area contributed by atoms with E-state index in [1.54, 1.807) is 25.1 Å². The first-order valence-corrected chi connectivity index (χ1v) is 8.84. The molecule has 1 saturated heterocycles. The van der Waals surface area contributed by atoms with E-state index in [-0.39, 0.29) is 17.8 Å². The fraction of sp³-hybridized carbons (Fsp3) is 0.421. The number of nitrogens with zero attached hydrogens (tertiary/aromatic N) is 2. The van der Waals surface area contributed by atoms with E-state index in [9.17, 15) is 9.18 Å². The number of hydrogen-bond acceptors (Lipinski definition) is 5. The second-order valence-electron chi connectivity index (χ2n) is 6.33. The van der Waals surface area contributed by atoms with Crippen LogP contribution in [0.3, 0.4) is 0 Å². The largest absolute Gasteiger partial charge is 0.376 e. The summed E-state index contributed by atoms with van der Waals surface area (Å²) >= 11 is 0. The number of benzene rings is 1. The van der Waals surface area contributed by atoms with Crippen molar-refractivity contribution < 1.29 is 13.9 Å². The number of carbonyl (C=O) groups excluding carboxylic acids is 1. The highest BCUT2D eigenvalue weighted by Gasteiger charge is 2.16. The number of hydrogen-bond donors (Lipinski definition) is 2. The molecule has 1 aliphatic rings. The predicted molar refractivity (Wildman–Crippen MR) is 96.7 cm³/mol. The molecule has 0 spiro atoms. The van der Waals surface area contributed by atoms with E-state index in [1.807, 2.05) is 0 Å². The molecule has 2 aromatic rings. The number of aromatic nitrogens is 2. The van der Waals surface area contributed by atoms with Gasteiger partial charge in [0.2, 0.25) is 0 Å². The van der Waals surface area contributed by atoms with Gasteiger partial charge in [-0.15, -0.1) is 0 Å². The number of halogens is 1. The third-order valence-electron chi connectivity index (χ3n) is 4.22. The molecule has 26 heavy (non-hydrogen) atoms. The van der Waals surface area contributed by atoms with E-state index in [2.05, 4.69) is 20.6 Å². The molecule has 0 radical (unpaired) electrons. The molecule has 138 valence electrons. The fourth-order valence-corrected chi connectivity index (χ4v) is 2.86. The quantitative estimate of drug-likeness (QED) is 0.795. The van der Waals surface area contributed by atoms with Crippen molar-refractivity contribution in [1.29, 1.82) is 0 Å². The molecule has 0 bridgehead atoms. The van der Waals surface area contributed by atoms with Crippen LogP contribution in [0.2, 0.25) is 0 Å². The van der Waals surface area contributed by atoms with Crippen molar-refractivity contribution in [3.8, 4) is 0 Å². The minimum absolute atomic E-state index is 0.193. The lowest BCUT2D eigenvalue weighted by Crippen LogP contribution is -2.27. The van der Waals surface area contributed by atoms with Crippen LogP contribution in [0, 0.1) is 12.7 Å². The maximum absolute atomic E-state index is 12.9. The molecule has 1 aromatic carbocycles. The van der Waals surface area contributed by atoms with Gasteiger partial charge >= 0.3 is 0 Å². The van der Waals surface area contributed by atoms with Crippen LogP contribution in [0.1, 0.15) is 34.7 Å². The van der Waals surface area contributed by atoms with Gasteiger partial charge in [0.1, 0.15) is 23.2 Å². The summed E-state index contributed by atoms with van der Waals surface area (Å²) in [6.45, 7) is 3.68. The summed E-state index contributed by atoms with van der Waals surface area (Å²) in [5, 5.41) is 6.06. The molecule has 6 nitrogen and oxygen atoms in total. The lowest BCUT2D eigenvalue weighted by Gasteiger charge is -2.12. The number of anilines is 1. The maximum Gasteiger partial charge on any atom is 0.270 e. The molecule has 1 aliphatic heterocycles. The Kier molecular flexibility index (Phi) is 6.12. The summed E-state index contributed by atoms with van der Waals surface area (Å²) in [4.78, 5) is 20.9. The van der Waals surface area contributed by atoms with Crippen molar-refractivity contribution in [1.82, 2.24) is 15.3 Å². The zero-order chi connectivity index (χ0) is 18.4. The lowest BCUT2D eigenvalue weighted by molar-refractivity contribution is 0.0949. The van der Waals surface area contributed by atoms with Crippen molar-refractivity contribution >= 4 is 11.7 Å². The number of ether oxygens (including phenoxy) is 1. The van der Waals surface area contributed by atoms with Gasteiger partial charge in [0.15, 0.2) is 0 Å². The molecule has 3 rings (SSSR count). The monoisotopic (exact) mass is 358 g/mol. The van der Waals surface area contributed by atoms with E-state index < -0.39 is 0 Å². The van der Waals surface area contributed by atoms with Crippen molar-refractivity contribution in [2.45, 2.75) is 32.3 Å². The minimum Gasteiger partial charge on any atom is -0.376 e. The van der Waals surface area contributed by atoms with Crippen molar-refractivity contribution in [3.05, 3.63) is 53.2 Å².